The minimum Gasteiger partial charge on any atom is -0.465 e. The summed E-state index contributed by atoms with van der Waals surface area (Å²) in [6.45, 7) is 0. The molecular formula is C13H14ClNO4. The van der Waals surface area contributed by atoms with E-state index in [1.54, 1.807) is 24.4 Å². The van der Waals surface area contributed by atoms with E-state index in [1.165, 1.54) is 7.11 Å². The van der Waals surface area contributed by atoms with Crippen molar-refractivity contribution in [1.29, 1.82) is 0 Å². The molecule has 0 radical (unpaired) electrons. The molecule has 102 valence electrons. The molecule has 1 aromatic heterocycles. The van der Waals surface area contributed by atoms with Crippen LogP contribution < -0.4 is 0 Å². The van der Waals surface area contributed by atoms with E-state index in [-0.39, 0.29) is 5.88 Å². The third-order valence-electron chi connectivity index (χ3n) is 2.98. The van der Waals surface area contributed by atoms with Crippen molar-refractivity contribution in [2.24, 2.45) is 0 Å². The smallest absolute Gasteiger partial charge is 0.337 e. The van der Waals surface area contributed by atoms with Crippen LogP contribution in [0.4, 0.5) is 0 Å². The highest BCUT2D eigenvalue weighted by atomic mass is 35.5. The molecule has 6 heteroatoms. The molecule has 19 heavy (non-hydrogen) atoms. The van der Waals surface area contributed by atoms with E-state index in [0.29, 0.717) is 16.6 Å². The van der Waals surface area contributed by atoms with Crippen LogP contribution in [0.25, 0.3) is 10.9 Å². The van der Waals surface area contributed by atoms with Gasteiger partial charge >= 0.3 is 5.97 Å². The number of carbonyl (C=O) groups is 1. The molecule has 0 amide bonds. The first kappa shape index (κ1) is 13.9. The summed E-state index contributed by atoms with van der Waals surface area (Å²) in [5, 5.41) is 20.2. The number of hydrogen-bond acceptors (Lipinski definition) is 4. The molecule has 0 bridgehead atoms. The summed E-state index contributed by atoms with van der Waals surface area (Å²) in [7, 11) is 1.31. The fourth-order valence-corrected chi connectivity index (χ4v) is 2.10. The lowest BCUT2D eigenvalue weighted by Gasteiger charge is -2.14. The third kappa shape index (κ3) is 2.58. The quantitative estimate of drug-likeness (QED) is 0.588. The first-order valence-electron chi connectivity index (χ1n) is 5.70. The summed E-state index contributed by atoms with van der Waals surface area (Å²) >= 11 is 5.52. The number of aromatic nitrogens is 1. The largest absolute Gasteiger partial charge is 0.465 e. The third-order valence-corrected chi connectivity index (χ3v) is 3.29. The average Bonchev–Trinajstić information content (AvgIpc) is 2.87. The van der Waals surface area contributed by atoms with Gasteiger partial charge in [-0.05, 0) is 12.1 Å². The molecule has 0 saturated carbocycles. The molecule has 2 rings (SSSR count). The van der Waals surface area contributed by atoms with E-state index in [2.05, 4.69) is 9.72 Å². The molecule has 3 N–H and O–H groups in total. The molecule has 2 aromatic rings. The second kappa shape index (κ2) is 5.61. The van der Waals surface area contributed by atoms with Gasteiger partial charge in [0, 0.05) is 22.7 Å². The van der Waals surface area contributed by atoms with Gasteiger partial charge in [-0.25, -0.2) is 4.79 Å². The Bertz CT molecular complexity index is 595. The van der Waals surface area contributed by atoms with Crippen LogP contribution in [0, 0.1) is 0 Å². The fraction of sp³-hybridized carbons (Fsp3) is 0.308. The number of hydrogen-bond donors (Lipinski definition) is 3. The first-order valence-corrected chi connectivity index (χ1v) is 6.23. The zero-order valence-corrected chi connectivity index (χ0v) is 11.0. The van der Waals surface area contributed by atoms with Crippen LogP contribution in [0.5, 0.6) is 0 Å². The summed E-state index contributed by atoms with van der Waals surface area (Å²) in [5.41, 5.74) is 1.63. The Labute approximate surface area is 114 Å². The summed E-state index contributed by atoms with van der Waals surface area (Å²) in [6, 6.07) is 4.92. The van der Waals surface area contributed by atoms with Gasteiger partial charge in [0.15, 0.2) is 0 Å². The molecule has 0 fully saturated rings. The van der Waals surface area contributed by atoms with Gasteiger partial charge in [-0.1, -0.05) is 6.07 Å². The first-order chi connectivity index (χ1) is 9.08. The van der Waals surface area contributed by atoms with Crippen molar-refractivity contribution in [2.45, 2.75) is 12.2 Å². The molecule has 1 heterocycles. The highest BCUT2D eigenvalue weighted by Gasteiger charge is 2.21. The highest BCUT2D eigenvalue weighted by molar-refractivity contribution is 6.18. The van der Waals surface area contributed by atoms with E-state index >= 15 is 0 Å². The number of methoxy groups -OCH3 is 1. The van der Waals surface area contributed by atoms with Gasteiger partial charge in [-0.2, -0.15) is 0 Å². The topological polar surface area (TPSA) is 82.6 Å². The van der Waals surface area contributed by atoms with Crippen molar-refractivity contribution < 1.29 is 19.7 Å². The Hall–Kier alpha value is -1.56. The van der Waals surface area contributed by atoms with Gasteiger partial charge in [0.2, 0.25) is 0 Å². The van der Waals surface area contributed by atoms with Crippen molar-refractivity contribution in [2.75, 3.05) is 13.0 Å². The predicted molar refractivity (Wildman–Crippen MR) is 71.3 cm³/mol. The average molecular weight is 284 g/mol. The minimum atomic E-state index is -1.07. The zero-order chi connectivity index (χ0) is 14.0. The molecule has 0 aliphatic rings. The number of rotatable bonds is 4. The molecule has 0 saturated heterocycles. The molecule has 5 nitrogen and oxygen atoms in total. The Morgan fingerprint density at radius 3 is 2.84 bits per heavy atom. The SMILES string of the molecule is COC(=O)c1ccc2c(C(O)C(O)CCl)c[nH]c2c1. The molecule has 0 spiro atoms. The van der Waals surface area contributed by atoms with E-state index in [0.717, 1.165) is 5.39 Å². The van der Waals surface area contributed by atoms with E-state index < -0.39 is 18.2 Å². The van der Waals surface area contributed by atoms with Crippen LogP contribution in [0.15, 0.2) is 24.4 Å². The number of H-pyrrole nitrogens is 1. The van der Waals surface area contributed by atoms with Gasteiger partial charge in [0.1, 0.15) is 6.10 Å². The molecule has 0 aliphatic heterocycles. The number of carbonyl (C=O) groups excluding carboxylic acids is 1. The van der Waals surface area contributed by atoms with Gasteiger partial charge in [0.25, 0.3) is 0 Å². The van der Waals surface area contributed by atoms with E-state index in [1.807, 2.05) is 0 Å². The number of aliphatic hydroxyl groups is 2. The van der Waals surface area contributed by atoms with Crippen LogP contribution in [0.2, 0.25) is 0 Å². The molecule has 1 aromatic carbocycles. The van der Waals surface area contributed by atoms with E-state index in [4.69, 9.17) is 11.6 Å². The summed E-state index contributed by atoms with van der Waals surface area (Å²) in [4.78, 5) is 14.4. The van der Waals surface area contributed by atoms with Crippen molar-refractivity contribution in [1.82, 2.24) is 4.98 Å². The lowest BCUT2D eigenvalue weighted by atomic mass is 10.0. The van der Waals surface area contributed by atoms with E-state index in [9.17, 15) is 15.0 Å². The lowest BCUT2D eigenvalue weighted by Crippen LogP contribution is -2.19. The second-order valence-corrected chi connectivity index (χ2v) is 4.47. The lowest BCUT2D eigenvalue weighted by molar-refractivity contribution is 0.0336. The summed E-state index contributed by atoms with van der Waals surface area (Å²) in [6.07, 6.45) is -0.525. The molecule has 2 atom stereocenters. The van der Waals surface area contributed by atoms with Crippen molar-refractivity contribution >= 4 is 28.5 Å². The second-order valence-electron chi connectivity index (χ2n) is 4.16. The van der Waals surface area contributed by atoms with Crippen LogP contribution in [0.1, 0.15) is 22.0 Å². The Morgan fingerprint density at radius 2 is 2.21 bits per heavy atom. The Morgan fingerprint density at radius 1 is 1.47 bits per heavy atom. The zero-order valence-electron chi connectivity index (χ0n) is 10.3. The number of fused-ring (bicyclic) bond motifs is 1. The number of benzene rings is 1. The number of aromatic amines is 1. The van der Waals surface area contributed by atoms with Crippen LogP contribution in [0.3, 0.4) is 0 Å². The Kier molecular flexibility index (Phi) is 4.09. The normalized spacial score (nSPS) is 14.3. The van der Waals surface area contributed by atoms with Gasteiger partial charge in [-0.3, -0.25) is 0 Å². The number of aliphatic hydroxyl groups excluding tert-OH is 2. The highest BCUT2D eigenvalue weighted by Crippen LogP contribution is 2.27. The standard InChI is InChI=1S/C13H14ClNO4/c1-19-13(18)7-2-3-8-9(6-15-10(8)4-7)12(17)11(16)5-14/h2-4,6,11-12,15-17H,5H2,1H3. The van der Waals surface area contributed by atoms with Crippen molar-refractivity contribution in [3.05, 3.63) is 35.5 Å². The van der Waals surface area contributed by atoms with Crippen LogP contribution in [-0.4, -0.2) is 40.3 Å². The van der Waals surface area contributed by atoms with Gasteiger partial charge in [0.05, 0.1) is 24.7 Å². The van der Waals surface area contributed by atoms with Gasteiger partial charge in [-0.15, -0.1) is 11.6 Å². The number of alkyl halides is 1. The maximum atomic E-state index is 11.4. The Balaban J connectivity index is 2.42. The predicted octanol–water partition coefficient (Wildman–Crippen LogP) is 1.59. The van der Waals surface area contributed by atoms with Crippen molar-refractivity contribution in [3.8, 4) is 0 Å². The van der Waals surface area contributed by atoms with Crippen molar-refractivity contribution in [3.63, 3.8) is 0 Å². The number of esters is 1. The number of nitrogens with one attached hydrogen (secondary N) is 1. The molecule has 0 aliphatic carbocycles. The van der Waals surface area contributed by atoms with Gasteiger partial charge < -0.3 is 19.9 Å². The molecule has 2 unspecified atom stereocenters. The number of halogens is 1. The monoisotopic (exact) mass is 283 g/mol. The summed E-state index contributed by atoms with van der Waals surface area (Å²) in [5.74, 6) is -0.493. The summed E-state index contributed by atoms with van der Waals surface area (Å²) < 4.78 is 4.64. The maximum Gasteiger partial charge on any atom is 0.337 e. The maximum absolute atomic E-state index is 11.4. The van der Waals surface area contributed by atoms with Crippen LogP contribution >= 0.6 is 11.6 Å². The van der Waals surface area contributed by atoms with Crippen LogP contribution in [-0.2, 0) is 4.74 Å². The minimum absolute atomic E-state index is 0.0614. The molecular weight excluding hydrogens is 270 g/mol. The fourth-order valence-electron chi connectivity index (χ4n) is 1.93. The number of ether oxygens (including phenoxy) is 1.